The molecule has 0 aromatic rings. The van der Waals surface area contributed by atoms with Crippen LogP contribution in [0.3, 0.4) is 0 Å². The van der Waals surface area contributed by atoms with Gasteiger partial charge >= 0.3 is 5.97 Å². The van der Waals surface area contributed by atoms with Crippen LogP contribution in [0, 0.1) is 34.5 Å². The van der Waals surface area contributed by atoms with E-state index in [1.807, 2.05) is 6.08 Å². The molecule has 0 saturated heterocycles. The molecule has 0 radical (unpaired) electrons. The molecule has 4 aliphatic carbocycles. The molecule has 3 fully saturated rings. The number of hydrogen-bond donors (Lipinski definition) is 0. The van der Waals surface area contributed by atoms with Crippen molar-refractivity contribution in [3.05, 3.63) is 11.6 Å². The van der Waals surface area contributed by atoms with E-state index in [-0.39, 0.29) is 22.7 Å². The minimum atomic E-state index is 0.00400. The predicted octanol–water partition coefficient (Wildman–Crippen LogP) is 4.31. The Morgan fingerprint density at radius 3 is 2.62 bits per heavy atom. The third-order valence-corrected chi connectivity index (χ3v) is 8.45. The molecule has 0 N–H and O–H groups in total. The van der Waals surface area contributed by atoms with Crippen LogP contribution in [0.4, 0.5) is 0 Å². The molecule has 4 aliphatic rings. The molecular weight excluding hydrogens is 300 g/mol. The number of esters is 1. The van der Waals surface area contributed by atoms with Crippen LogP contribution in [0.1, 0.15) is 65.2 Å². The van der Waals surface area contributed by atoms with Gasteiger partial charge in [0, 0.05) is 6.42 Å². The standard InChI is InChI=1S/C21H30O3/c1-20-10-8-14(22)12-13(20)4-5-15-16-6-7-18(19(23)24-3)21(16,2)11-9-17(15)20/h12,15-18H,4-11H2,1-3H3/t15-,16-,17+,18-,20+,21+/m1/s1. The van der Waals surface area contributed by atoms with Crippen molar-refractivity contribution < 1.29 is 14.3 Å². The Bertz CT molecular complexity index is 606. The SMILES string of the molecule is COC(=O)[C@H]1CC[C@@H]2[C@H]3CCC4=CC(=O)CC[C@]4(C)[C@H]3CC[C@]12C. The molecule has 3 saturated carbocycles. The summed E-state index contributed by atoms with van der Waals surface area (Å²) in [6, 6.07) is 0. The van der Waals surface area contributed by atoms with E-state index >= 15 is 0 Å². The van der Waals surface area contributed by atoms with Gasteiger partial charge in [0.05, 0.1) is 13.0 Å². The van der Waals surface area contributed by atoms with E-state index in [2.05, 4.69) is 13.8 Å². The fraction of sp³-hybridized carbons (Fsp3) is 0.810. The number of rotatable bonds is 1. The largest absolute Gasteiger partial charge is 0.469 e. The molecule has 0 heterocycles. The van der Waals surface area contributed by atoms with Crippen LogP contribution in [0.2, 0.25) is 0 Å². The van der Waals surface area contributed by atoms with E-state index in [0.29, 0.717) is 23.5 Å². The summed E-state index contributed by atoms with van der Waals surface area (Å²) in [7, 11) is 1.53. The van der Waals surface area contributed by atoms with E-state index < -0.39 is 0 Å². The van der Waals surface area contributed by atoms with Gasteiger partial charge in [0.25, 0.3) is 0 Å². The lowest BCUT2D eigenvalue weighted by atomic mass is 9.47. The molecule has 3 heteroatoms. The van der Waals surface area contributed by atoms with Gasteiger partial charge in [-0.3, -0.25) is 9.59 Å². The summed E-state index contributed by atoms with van der Waals surface area (Å²) in [6.07, 6.45) is 10.5. The summed E-state index contributed by atoms with van der Waals surface area (Å²) >= 11 is 0. The van der Waals surface area contributed by atoms with E-state index in [1.54, 1.807) is 0 Å². The van der Waals surface area contributed by atoms with Crippen LogP contribution < -0.4 is 0 Å². The third-order valence-electron chi connectivity index (χ3n) is 8.45. The van der Waals surface area contributed by atoms with Crippen molar-refractivity contribution in [2.24, 2.45) is 34.5 Å². The first-order valence-corrected chi connectivity index (χ1v) is 9.72. The number of allylic oxidation sites excluding steroid dienone is 1. The number of hydrogen-bond acceptors (Lipinski definition) is 3. The van der Waals surface area contributed by atoms with Crippen LogP contribution in [0.5, 0.6) is 0 Å². The molecule has 0 bridgehead atoms. The van der Waals surface area contributed by atoms with Crippen molar-refractivity contribution in [3.8, 4) is 0 Å². The normalized spacial score (nSPS) is 47.3. The third kappa shape index (κ3) is 2.09. The van der Waals surface area contributed by atoms with Gasteiger partial charge in [0.2, 0.25) is 0 Å². The van der Waals surface area contributed by atoms with Crippen LogP contribution in [0.15, 0.2) is 11.6 Å². The van der Waals surface area contributed by atoms with Gasteiger partial charge in [-0.2, -0.15) is 0 Å². The maximum atomic E-state index is 12.3. The maximum Gasteiger partial charge on any atom is 0.309 e. The number of carbonyl (C=O) groups is 2. The van der Waals surface area contributed by atoms with Crippen LogP contribution in [-0.2, 0) is 14.3 Å². The minimum absolute atomic E-state index is 0.00400. The molecule has 0 unspecified atom stereocenters. The van der Waals surface area contributed by atoms with Crippen molar-refractivity contribution in [2.45, 2.75) is 65.2 Å². The highest BCUT2D eigenvalue weighted by Gasteiger charge is 2.60. The second-order valence-electron chi connectivity index (χ2n) is 9.17. The molecule has 3 nitrogen and oxygen atoms in total. The molecule has 24 heavy (non-hydrogen) atoms. The minimum Gasteiger partial charge on any atom is -0.469 e. The van der Waals surface area contributed by atoms with Gasteiger partial charge < -0.3 is 4.74 Å². The summed E-state index contributed by atoms with van der Waals surface area (Å²) in [5, 5.41) is 0. The van der Waals surface area contributed by atoms with Crippen molar-refractivity contribution in [2.75, 3.05) is 7.11 Å². The quantitative estimate of drug-likeness (QED) is 0.673. The fourth-order valence-electron chi connectivity index (χ4n) is 7.09. The van der Waals surface area contributed by atoms with Gasteiger partial charge in [-0.25, -0.2) is 0 Å². The molecule has 132 valence electrons. The lowest BCUT2D eigenvalue weighted by Crippen LogP contribution is -2.51. The lowest BCUT2D eigenvalue weighted by Gasteiger charge is -2.57. The molecule has 6 atom stereocenters. The van der Waals surface area contributed by atoms with Gasteiger partial charge in [0.1, 0.15) is 0 Å². The topological polar surface area (TPSA) is 43.4 Å². The molecule has 0 spiro atoms. The Balaban J connectivity index is 1.65. The molecule has 0 aromatic heterocycles. The zero-order valence-corrected chi connectivity index (χ0v) is 15.3. The summed E-state index contributed by atoms with van der Waals surface area (Å²) < 4.78 is 5.12. The maximum absolute atomic E-state index is 12.3. The Morgan fingerprint density at radius 2 is 1.88 bits per heavy atom. The molecule has 0 aliphatic heterocycles. The van der Waals surface area contributed by atoms with Crippen LogP contribution in [0.25, 0.3) is 0 Å². The number of ketones is 1. The highest BCUT2D eigenvalue weighted by molar-refractivity contribution is 5.91. The van der Waals surface area contributed by atoms with Gasteiger partial charge in [-0.05, 0) is 79.6 Å². The Labute approximate surface area is 145 Å². The van der Waals surface area contributed by atoms with Crippen molar-refractivity contribution in [1.82, 2.24) is 0 Å². The Hall–Kier alpha value is -1.12. The second-order valence-corrected chi connectivity index (χ2v) is 9.17. The average Bonchev–Trinajstić information content (AvgIpc) is 2.92. The van der Waals surface area contributed by atoms with E-state index in [9.17, 15) is 9.59 Å². The van der Waals surface area contributed by atoms with Gasteiger partial charge in [-0.1, -0.05) is 19.4 Å². The van der Waals surface area contributed by atoms with Crippen molar-refractivity contribution in [3.63, 3.8) is 0 Å². The summed E-state index contributed by atoms with van der Waals surface area (Å²) in [5.74, 6) is 2.48. The number of ether oxygens (including phenoxy) is 1. The second kappa shape index (κ2) is 5.44. The zero-order valence-electron chi connectivity index (χ0n) is 15.3. The van der Waals surface area contributed by atoms with Crippen LogP contribution >= 0.6 is 0 Å². The summed E-state index contributed by atoms with van der Waals surface area (Å²) in [4.78, 5) is 24.2. The van der Waals surface area contributed by atoms with Crippen molar-refractivity contribution in [1.29, 1.82) is 0 Å². The highest BCUT2D eigenvalue weighted by atomic mass is 16.5. The Morgan fingerprint density at radius 1 is 1.08 bits per heavy atom. The first-order chi connectivity index (χ1) is 11.4. The van der Waals surface area contributed by atoms with E-state index in [0.717, 1.165) is 32.1 Å². The first kappa shape index (κ1) is 16.4. The number of methoxy groups -OCH3 is 1. The monoisotopic (exact) mass is 330 g/mol. The smallest absolute Gasteiger partial charge is 0.309 e. The zero-order chi connectivity index (χ0) is 17.1. The summed E-state index contributed by atoms with van der Waals surface area (Å²) in [6.45, 7) is 4.76. The van der Waals surface area contributed by atoms with Gasteiger partial charge in [0.15, 0.2) is 5.78 Å². The van der Waals surface area contributed by atoms with Crippen molar-refractivity contribution >= 4 is 11.8 Å². The summed E-state index contributed by atoms with van der Waals surface area (Å²) in [5.41, 5.74) is 1.77. The van der Waals surface area contributed by atoms with Crippen LogP contribution in [-0.4, -0.2) is 18.9 Å². The van der Waals surface area contributed by atoms with E-state index in [4.69, 9.17) is 4.74 Å². The lowest BCUT2D eigenvalue weighted by molar-refractivity contribution is -0.152. The van der Waals surface area contributed by atoms with Gasteiger partial charge in [-0.15, -0.1) is 0 Å². The molecule has 4 rings (SSSR count). The molecule has 0 amide bonds. The number of carbonyl (C=O) groups excluding carboxylic acids is 2. The average molecular weight is 330 g/mol. The Kier molecular flexibility index (Phi) is 3.71. The fourth-order valence-corrected chi connectivity index (χ4v) is 7.09. The highest BCUT2D eigenvalue weighted by Crippen LogP contribution is 2.66. The predicted molar refractivity (Wildman–Crippen MR) is 92.2 cm³/mol. The molecular formula is C21H30O3. The van der Waals surface area contributed by atoms with E-state index in [1.165, 1.54) is 31.9 Å². The number of fused-ring (bicyclic) bond motifs is 5. The molecule has 0 aromatic carbocycles. The first-order valence-electron chi connectivity index (χ1n) is 9.72.